The molecule has 0 radical (unpaired) electrons. The van der Waals surface area contributed by atoms with E-state index in [4.69, 9.17) is 0 Å². The molecule has 0 aromatic carbocycles. The average molecular weight is 357 g/mol. The lowest BCUT2D eigenvalue weighted by atomic mass is 9.80. The third-order valence-electron chi connectivity index (χ3n) is 5.51. The van der Waals surface area contributed by atoms with Gasteiger partial charge in [-0.25, -0.2) is 0 Å². The molecular formula is C20H32N6. The van der Waals surface area contributed by atoms with Crippen molar-refractivity contribution in [3.8, 4) is 0 Å². The molecule has 0 saturated heterocycles. The summed E-state index contributed by atoms with van der Waals surface area (Å²) in [4.78, 5) is 4.34. The molecule has 0 bridgehead atoms. The maximum Gasteiger partial charge on any atom is 0.191 e. The zero-order valence-electron chi connectivity index (χ0n) is 16.1. The zero-order valence-corrected chi connectivity index (χ0v) is 16.1. The Morgan fingerprint density at radius 3 is 2.73 bits per heavy atom. The lowest BCUT2D eigenvalue weighted by Crippen LogP contribution is -2.40. The van der Waals surface area contributed by atoms with Crippen LogP contribution >= 0.6 is 0 Å². The van der Waals surface area contributed by atoms with Gasteiger partial charge in [-0.05, 0) is 36.8 Å². The fourth-order valence-corrected chi connectivity index (χ4v) is 3.85. The summed E-state index contributed by atoms with van der Waals surface area (Å²) >= 11 is 0. The molecule has 2 aromatic rings. The Bertz CT molecular complexity index is 699. The molecule has 142 valence electrons. The summed E-state index contributed by atoms with van der Waals surface area (Å²) in [5.74, 6) is 3.45. The molecule has 1 aliphatic rings. The Morgan fingerprint density at radius 2 is 1.96 bits per heavy atom. The molecule has 1 saturated carbocycles. The van der Waals surface area contributed by atoms with Gasteiger partial charge >= 0.3 is 0 Å². The Balaban J connectivity index is 1.41. The number of aliphatic imine (C=N–C) groups is 1. The Labute approximate surface area is 156 Å². The van der Waals surface area contributed by atoms with Crippen LogP contribution in [0.5, 0.6) is 0 Å². The molecule has 3 rings (SSSR count). The monoisotopic (exact) mass is 356 g/mol. The van der Waals surface area contributed by atoms with E-state index in [0.717, 1.165) is 35.8 Å². The van der Waals surface area contributed by atoms with Gasteiger partial charge in [0.05, 0.1) is 6.54 Å². The molecule has 26 heavy (non-hydrogen) atoms. The molecule has 2 heterocycles. The van der Waals surface area contributed by atoms with Crippen LogP contribution < -0.4 is 10.6 Å². The summed E-state index contributed by atoms with van der Waals surface area (Å²) in [5.41, 5.74) is 0.868. The second-order valence-corrected chi connectivity index (χ2v) is 7.38. The minimum Gasteiger partial charge on any atom is -0.356 e. The number of aromatic nitrogens is 3. The first-order valence-electron chi connectivity index (χ1n) is 10.0. The fourth-order valence-electron chi connectivity index (χ4n) is 3.85. The van der Waals surface area contributed by atoms with E-state index in [-0.39, 0.29) is 0 Å². The smallest absolute Gasteiger partial charge is 0.191 e. The summed E-state index contributed by atoms with van der Waals surface area (Å²) in [6.07, 6.45) is 11.6. The average Bonchev–Trinajstić information content (AvgIpc) is 3.10. The summed E-state index contributed by atoms with van der Waals surface area (Å²) < 4.78 is 2.00. The molecule has 0 amide bonds. The molecule has 0 aliphatic heterocycles. The van der Waals surface area contributed by atoms with Gasteiger partial charge in [-0.1, -0.05) is 45.1 Å². The van der Waals surface area contributed by atoms with E-state index in [1.54, 1.807) is 0 Å². The first-order chi connectivity index (χ1) is 12.8. The van der Waals surface area contributed by atoms with Crippen molar-refractivity contribution >= 4 is 11.6 Å². The van der Waals surface area contributed by atoms with Gasteiger partial charge < -0.3 is 10.6 Å². The van der Waals surface area contributed by atoms with Gasteiger partial charge in [0.2, 0.25) is 0 Å². The Hall–Kier alpha value is -2.11. The van der Waals surface area contributed by atoms with E-state index in [1.165, 1.54) is 44.9 Å². The van der Waals surface area contributed by atoms with Gasteiger partial charge in [-0.2, -0.15) is 0 Å². The third-order valence-corrected chi connectivity index (χ3v) is 5.51. The van der Waals surface area contributed by atoms with Crippen molar-refractivity contribution in [3.63, 3.8) is 0 Å². The first-order valence-corrected chi connectivity index (χ1v) is 10.0. The Morgan fingerprint density at radius 1 is 1.15 bits per heavy atom. The van der Waals surface area contributed by atoms with Crippen LogP contribution in [0.25, 0.3) is 5.65 Å². The van der Waals surface area contributed by atoms with Crippen LogP contribution in [0.2, 0.25) is 0 Å². The first kappa shape index (κ1) is 18.7. The number of nitrogens with zero attached hydrogens (tertiary/aromatic N) is 4. The number of fused-ring (bicyclic) bond motifs is 1. The van der Waals surface area contributed by atoms with Crippen LogP contribution in [0, 0.1) is 11.8 Å². The summed E-state index contributed by atoms with van der Waals surface area (Å²) in [7, 11) is 1.82. The zero-order chi connectivity index (χ0) is 18.2. The Kier molecular flexibility index (Phi) is 6.86. The molecule has 1 fully saturated rings. The largest absolute Gasteiger partial charge is 0.356 e. The van der Waals surface area contributed by atoms with Crippen molar-refractivity contribution in [1.82, 2.24) is 25.2 Å². The highest BCUT2D eigenvalue weighted by molar-refractivity contribution is 5.79. The molecule has 0 atom stereocenters. The lowest BCUT2D eigenvalue weighted by Gasteiger charge is -2.29. The normalized spacial score (nSPS) is 21.1. The number of rotatable bonds is 7. The van der Waals surface area contributed by atoms with Crippen LogP contribution in [0.3, 0.4) is 0 Å². The number of unbranched alkanes of at least 4 members (excludes halogenated alkanes) is 1. The van der Waals surface area contributed by atoms with Gasteiger partial charge in [0, 0.05) is 19.8 Å². The van der Waals surface area contributed by atoms with Gasteiger partial charge in [-0.3, -0.25) is 9.39 Å². The van der Waals surface area contributed by atoms with E-state index in [0.29, 0.717) is 6.54 Å². The summed E-state index contributed by atoms with van der Waals surface area (Å²) in [6, 6.07) is 5.92. The van der Waals surface area contributed by atoms with Crippen molar-refractivity contribution in [1.29, 1.82) is 0 Å². The van der Waals surface area contributed by atoms with Crippen LogP contribution in [-0.2, 0) is 6.54 Å². The minimum atomic E-state index is 0.606. The number of guanidine groups is 1. The molecule has 0 unspecified atom stereocenters. The minimum absolute atomic E-state index is 0.606. The van der Waals surface area contributed by atoms with Crippen molar-refractivity contribution in [3.05, 3.63) is 30.2 Å². The molecule has 0 spiro atoms. The quantitative estimate of drug-likeness (QED) is 0.589. The van der Waals surface area contributed by atoms with Gasteiger partial charge in [0.1, 0.15) is 0 Å². The van der Waals surface area contributed by atoms with E-state index < -0.39 is 0 Å². The van der Waals surface area contributed by atoms with Crippen molar-refractivity contribution in [2.75, 3.05) is 13.6 Å². The number of hydrogen-bond acceptors (Lipinski definition) is 3. The van der Waals surface area contributed by atoms with E-state index in [1.807, 2.05) is 35.8 Å². The van der Waals surface area contributed by atoms with Crippen LogP contribution in [0.1, 0.15) is 57.7 Å². The van der Waals surface area contributed by atoms with Gasteiger partial charge in [0.15, 0.2) is 17.4 Å². The molecule has 6 nitrogen and oxygen atoms in total. The molecule has 1 aliphatic carbocycles. The summed E-state index contributed by atoms with van der Waals surface area (Å²) in [5, 5.41) is 15.3. The van der Waals surface area contributed by atoms with Crippen molar-refractivity contribution in [2.24, 2.45) is 16.8 Å². The molecule has 2 N–H and O–H groups in total. The standard InChI is InChI=1S/C20H32N6/c1-3-4-7-16-9-11-17(12-10-16)14-22-20(21-2)23-15-19-25-24-18-8-5-6-13-26(18)19/h5-6,8,13,16-17H,3-4,7,9-12,14-15H2,1-2H3,(H2,21,22,23). The number of pyridine rings is 1. The highest BCUT2D eigenvalue weighted by Crippen LogP contribution is 2.31. The molecule has 6 heteroatoms. The van der Waals surface area contributed by atoms with Gasteiger partial charge in [-0.15, -0.1) is 10.2 Å². The molecule has 2 aromatic heterocycles. The maximum absolute atomic E-state index is 4.34. The lowest BCUT2D eigenvalue weighted by molar-refractivity contribution is 0.259. The number of hydrogen-bond donors (Lipinski definition) is 2. The van der Waals surface area contributed by atoms with E-state index in [2.05, 4.69) is 32.7 Å². The maximum atomic E-state index is 4.34. The second-order valence-electron chi connectivity index (χ2n) is 7.38. The SMILES string of the molecule is CCCCC1CCC(CNC(=NC)NCc2nnc3ccccn23)CC1. The fraction of sp³-hybridized carbons (Fsp3) is 0.650. The van der Waals surface area contributed by atoms with Crippen LogP contribution in [-0.4, -0.2) is 34.2 Å². The topological polar surface area (TPSA) is 66.6 Å². The second kappa shape index (κ2) is 9.55. The molecular weight excluding hydrogens is 324 g/mol. The van der Waals surface area contributed by atoms with Crippen molar-refractivity contribution < 1.29 is 0 Å². The van der Waals surface area contributed by atoms with Crippen LogP contribution in [0.15, 0.2) is 29.4 Å². The highest BCUT2D eigenvalue weighted by atomic mass is 15.3. The third kappa shape index (κ3) is 4.96. The van der Waals surface area contributed by atoms with Crippen LogP contribution in [0.4, 0.5) is 0 Å². The van der Waals surface area contributed by atoms with Gasteiger partial charge in [0.25, 0.3) is 0 Å². The predicted octanol–water partition coefficient (Wildman–Crippen LogP) is 3.39. The van der Waals surface area contributed by atoms with E-state index >= 15 is 0 Å². The van der Waals surface area contributed by atoms with E-state index in [9.17, 15) is 0 Å². The van der Waals surface area contributed by atoms with Crippen molar-refractivity contribution in [2.45, 2.75) is 58.4 Å². The predicted molar refractivity (Wildman–Crippen MR) is 106 cm³/mol. The summed E-state index contributed by atoms with van der Waals surface area (Å²) in [6.45, 7) is 3.89. The highest BCUT2D eigenvalue weighted by Gasteiger charge is 2.20. The number of nitrogens with one attached hydrogen (secondary N) is 2.